The van der Waals surface area contributed by atoms with E-state index in [1.807, 2.05) is 12.1 Å². The number of carbonyl (C=O) groups excluding carboxylic acids is 1. The van der Waals surface area contributed by atoms with Crippen LogP contribution < -0.4 is 15.4 Å². The van der Waals surface area contributed by atoms with Crippen molar-refractivity contribution in [2.24, 2.45) is 0 Å². The molecule has 1 aliphatic rings. The molecule has 1 fully saturated rings. The van der Waals surface area contributed by atoms with E-state index in [1.54, 1.807) is 0 Å². The molecule has 0 aliphatic carbocycles. The Labute approximate surface area is 207 Å². The predicted octanol–water partition coefficient (Wildman–Crippen LogP) is 5.30. The second kappa shape index (κ2) is 10.5. The van der Waals surface area contributed by atoms with Gasteiger partial charge in [0.15, 0.2) is 0 Å². The summed E-state index contributed by atoms with van der Waals surface area (Å²) in [6.07, 6.45) is 3.67. The molecule has 1 saturated heterocycles. The number of nitrogens with one attached hydrogen (secondary N) is 2. The number of phenols is 1. The Morgan fingerprint density at radius 1 is 1.15 bits per heavy atom. The molecule has 1 aliphatic heterocycles. The molecule has 0 bridgehead atoms. The van der Waals surface area contributed by atoms with Gasteiger partial charge in [-0.15, -0.1) is 0 Å². The number of nitrogens with zero attached hydrogens (tertiary/aromatic N) is 3. The molecule has 2 aromatic carbocycles. The molecule has 0 radical (unpaired) electrons. The normalized spacial score (nSPS) is 14.6. The number of aromatic nitrogens is 2. The van der Waals surface area contributed by atoms with E-state index in [0.717, 1.165) is 31.6 Å². The molecular weight excluding hydrogens is 477 g/mol. The molecule has 1 amide bonds. The standard InChI is InChI=1S/C24H25Cl2N5O3/c1-31-11-9-15(10-12-31)14-3-5-16(6-4-14)28-24-27-13-17(23(30-24)34-2)22(33)29-21-18(25)7-8-19(32)20(21)26/h3-8,13,15,32H,9-12H2,1-2H3,(H,29,33)(H,27,28,30). The van der Waals surface area contributed by atoms with Crippen LogP contribution in [0.1, 0.15) is 34.7 Å². The lowest BCUT2D eigenvalue weighted by Crippen LogP contribution is -2.29. The highest BCUT2D eigenvalue weighted by Gasteiger charge is 2.20. The van der Waals surface area contributed by atoms with Gasteiger partial charge in [0, 0.05) is 11.9 Å². The van der Waals surface area contributed by atoms with Crippen molar-refractivity contribution in [2.75, 3.05) is 37.9 Å². The Hall–Kier alpha value is -3.07. The molecule has 0 unspecified atom stereocenters. The number of ether oxygens (including phenoxy) is 1. The van der Waals surface area contributed by atoms with Crippen molar-refractivity contribution in [3.63, 3.8) is 0 Å². The van der Waals surface area contributed by atoms with Crippen molar-refractivity contribution in [1.82, 2.24) is 14.9 Å². The van der Waals surface area contributed by atoms with E-state index < -0.39 is 5.91 Å². The SMILES string of the molecule is COc1nc(Nc2ccc(C3CCN(C)CC3)cc2)ncc1C(=O)Nc1c(Cl)ccc(O)c1Cl. The minimum absolute atomic E-state index is 0.0669. The zero-order valence-corrected chi connectivity index (χ0v) is 20.3. The number of anilines is 3. The van der Waals surface area contributed by atoms with Crippen LogP contribution in [0.5, 0.6) is 11.6 Å². The number of hydrogen-bond acceptors (Lipinski definition) is 7. The molecule has 0 saturated carbocycles. The van der Waals surface area contributed by atoms with Gasteiger partial charge in [0.2, 0.25) is 11.8 Å². The lowest BCUT2D eigenvalue weighted by Gasteiger charge is -2.29. The van der Waals surface area contributed by atoms with Gasteiger partial charge in [0.05, 0.1) is 17.8 Å². The van der Waals surface area contributed by atoms with Gasteiger partial charge >= 0.3 is 0 Å². The van der Waals surface area contributed by atoms with Crippen molar-refractivity contribution in [2.45, 2.75) is 18.8 Å². The topological polar surface area (TPSA) is 99.6 Å². The van der Waals surface area contributed by atoms with Crippen LogP contribution in [-0.2, 0) is 0 Å². The fourth-order valence-electron chi connectivity index (χ4n) is 3.88. The van der Waals surface area contributed by atoms with E-state index in [4.69, 9.17) is 27.9 Å². The van der Waals surface area contributed by atoms with Crippen LogP contribution in [0.3, 0.4) is 0 Å². The maximum atomic E-state index is 12.8. The van der Waals surface area contributed by atoms with Crippen LogP contribution in [0.15, 0.2) is 42.6 Å². The van der Waals surface area contributed by atoms with E-state index in [-0.39, 0.29) is 38.9 Å². The first kappa shape index (κ1) is 24.1. The highest BCUT2D eigenvalue weighted by Crippen LogP contribution is 2.37. The lowest BCUT2D eigenvalue weighted by molar-refractivity contribution is 0.102. The Kier molecular flexibility index (Phi) is 7.41. The van der Waals surface area contributed by atoms with Crippen molar-refractivity contribution in [3.8, 4) is 11.6 Å². The Bertz CT molecular complexity index is 1180. The number of rotatable bonds is 6. The summed E-state index contributed by atoms with van der Waals surface area (Å²) < 4.78 is 5.30. The summed E-state index contributed by atoms with van der Waals surface area (Å²) in [5.74, 6) is 0.151. The molecule has 3 aromatic rings. The van der Waals surface area contributed by atoms with Gasteiger partial charge in [-0.3, -0.25) is 4.79 Å². The fraction of sp³-hybridized carbons (Fsp3) is 0.292. The lowest BCUT2D eigenvalue weighted by atomic mass is 9.89. The summed E-state index contributed by atoms with van der Waals surface area (Å²) in [5, 5.41) is 15.6. The van der Waals surface area contributed by atoms with Gasteiger partial charge in [-0.2, -0.15) is 4.98 Å². The van der Waals surface area contributed by atoms with Crippen LogP contribution in [-0.4, -0.2) is 53.1 Å². The third-order valence-corrected chi connectivity index (χ3v) is 6.56. The summed E-state index contributed by atoms with van der Waals surface area (Å²) in [4.78, 5) is 23.7. The summed E-state index contributed by atoms with van der Waals surface area (Å²) >= 11 is 12.2. The zero-order chi connectivity index (χ0) is 24.2. The van der Waals surface area contributed by atoms with E-state index in [0.29, 0.717) is 5.92 Å². The van der Waals surface area contributed by atoms with E-state index >= 15 is 0 Å². The average Bonchev–Trinajstić information content (AvgIpc) is 2.85. The number of piperidine rings is 1. The Balaban J connectivity index is 1.47. The number of hydrogen-bond donors (Lipinski definition) is 3. The Morgan fingerprint density at radius 2 is 1.85 bits per heavy atom. The van der Waals surface area contributed by atoms with Gasteiger partial charge < -0.3 is 25.4 Å². The molecule has 3 N–H and O–H groups in total. The number of carbonyl (C=O) groups is 1. The number of phenolic OH excluding ortho intramolecular Hbond substituents is 1. The van der Waals surface area contributed by atoms with Crippen LogP contribution in [0, 0.1) is 0 Å². The maximum Gasteiger partial charge on any atom is 0.262 e. The molecule has 4 rings (SSSR count). The largest absolute Gasteiger partial charge is 0.506 e. The van der Waals surface area contributed by atoms with Crippen LogP contribution in [0.4, 0.5) is 17.3 Å². The summed E-state index contributed by atoms with van der Waals surface area (Å²) in [7, 11) is 3.57. The van der Waals surface area contributed by atoms with E-state index in [1.165, 1.54) is 31.0 Å². The molecule has 34 heavy (non-hydrogen) atoms. The second-order valence-corrected chi connectivity index (χ2v) is 8.94. The molecule has 2 heterocycles. The third kappa shape index (κ3) is 5.35. The van der Waals surface area contributed by atoms with Gasteiger partial charge in [-0.25, -0.2) is 4.98 Å². The average molecular weight is 502 g/mol. The quantitative estimate of drug-likeness (QED) is 0.421. The smallest absolute Gasteiger partial charge is 0.262 e. The molecular formula is C24H25Cl2N5O3. The van der Waals surface area contributed by atoms with E-state index in [2.05, 4.69) is 44.7 Å². The van der Waals surface area contributed by atoms with Gasteiger partial charge in [-0.1, -0.05) is 35.3 Å². The number of methoxy groups -OCH3 is 1. The number of aromatic hydroxyl groups is 1. The van der Waals surface area contributed by atoms with Crippen molar-refractivity contribution in [3.05, 3.63) is 63.8 Å². The monoisotopic (exact) mass is 501 g/mol. The third-order valence-electron chi connectivity index (χ3n) is 5.86. The molecule has 1 aromatic heterocycles. The first-order chi connectivity index (χ1) is 16.4. The first-order valence-electron chi connectivity index (χ1n) is 10.8. The van der Waals surface area contributed by atoms with Crippen LogP contribution >= 0.6 is 23.2 Å². The van der Waals surface area contributed by atoms with Crippen molar-refractivity contribution >= 4 is 46.4 Å². The summed E-state index contributed by atoms with van der Waals surface area (Å²) in [5.41, 5.74) is 2.33. The maximum absolute atomic E-state index is 12.8. The van der Waals surface area contributed by atoms with Crippen LogP contribution in [0.25, 0.3) is 0 Å². The predicted molar refractivity (Wildman–Crippen MR) is 134 cm³/mol. The summed E-state index contributed by atoms with van der Waals surface area (Å²) in [6.45, 7) is 2.23. The highest BCUT2D eigenvalue weighted by molar-refractivity contribution is 6.40. The molecule has 0 atom stereocenters. The number of halogens is 2. The number of likely N-dealkylation sites (tertiary alicyclic amines) is 1. The second-order valence-electron chi connectivity index (χ2n) is 8.15. The summed E-state index contributed by atoms with van der Waals surface area (Å²) in [6, 6.07) is 11.0. The number of amides is 1. The zero-order valence-electron chi connectivity index (χ0n) is 18.8. The highest BCUT2D eigenvalue weighted by atomic mass is 35.5. The van der Waals surface area contributed by atoms with Gasteiger partial charge in [0.25, 0.3) is 5.91 Å². The minimum atomic E-state index is -0.583. The van der Waals surface area contributed by atoms with Gasteiger partial charge in [-0.05, 0) is 68.7 Å². The van der Waals surface area contributed by atoms with Gasteiger partial charge in [0.1, 0.15) is 16.3 Å². The first-order valence-corrected chi connectivity index (χ1v) is 11.6. The fourth-order valence-corrected chi connectivity index (χ4v) is 4.35. The molecule has 8 nitrogen and oxygen atoms in total. The Morgan fingerprint density at radius 3 is 2.53 bits per heavy atom. The number of benzene rings is 2. The molecule has 10 heteroatoms. The minimum Gasteiger partial charge on any atom is -0.506 e. The van der Waals surface area contributed by atoms with Crippen molar-refractivity contribution in [1.29, 1.82) is 0 Å². The molecule has 178 valence electrons. The van der Waals surface area contributed by atoms with E-state index in [9.17, 15) is 9.90 Å². The van der Waals surface area contributed by atoms with Crippen LogP contribution in [0.2, 0.25) is 10.0 Å². The van der Waals surface area contributed by atoms with Crippen molar-refractivity contribution < 1.29 is 14.6 Å². The molecule has 0 spiro atoms.